The minimum absolute atomic E-state index is 0.128. The van der Waals surface area contributed by atoms with Crippen LogP contribution < -0.4 is 5.32 Å². The maximum Gasteiger partial charge on any atom is 0.245 e. The van der Waals surface area contributed by atoms with Crippen LogP contribution >= 0.6 is 0 Å². The van der Waals surface area contributed by atoms with Crippen LogP contribution in [0.2, 0.25) is 0 Å². The number of nitrogens with one attached hydrogen (secondary N) is 1. The molecule has 1 N–H and O–H groups in total. The Morgan fingerprint density at radius 2 is 2.11 bits per heavy atom. The van der Waals surface area contributed by atoms with Gasteiger partial charge in [0.05, 0.1) is 0 Å². The summed E-state index contributed by atoms with van der Waals surface area (Å²) in [5.41, 5.74) is 0.472. The molecule has 5 heteroatoms. The first kappa shape index (κ1) is 13.5. The molecule has 1 atom stereocenters. The van der Waals surface area contributed by atoms with Crippen LogP contribution in [0.4, 0.5) is 4.39 Å². The molecule has 102 valence electrons. The Kier molecular flexibility index (Phi) is 4.14. The molecular weight excluding hydrogens is 247 g/mol. The smallest absolute Gasteiger partial charge is 0.245 e. The van der Waals surface area contributed by atoms with Crippen molar-refractivity contribution in [3.05, 3.63) is 35.6 Å². The summed E-state index contributed by atoms with van der Waals surface area (Å²) in [6.45, 7) is 2.38. The molecule has 1 aliphatic heterocycles. The summed E-state index contributed by atoms with van der Waals surface area (Å²) < 4.78 is 13.6. The van der Waals surface area contributed by atoms with Gasteiger partial charge in [-0.25, -0.2) is 4.39 Å². The van der Waals surface area contributed by atoms with Gasteiger partial charge in [0.1, 0.15) is 11.9 Å². The third-order valence-electron chi connectivity index (χ3n) is 3.28. The number of hydrogen-bond acceptors (Lipinski definition) is 2. The number of rotatable bonds is 3. The maximum atomic E-state index is 13.6. The lowest BCUT2D eigenvalue weighted by Crippen LogP contribution is -2.44. The van der Waals surface area contributed by atoms with Crippen LogP contribution in [0.5, 0.6) is 0 Å². The van der Waals surface area contributed by atoms with E-state index in [4.69, 9.17) is 0 Å². The highest BCUT2D eigenvalue weighted by molar-refractivity contribution is 5.89. The first-order valence-corrected chi connectivity index (χ1v) is 6.43. The van der Waals surface area contributed by atoms with Crippen LogP contribution in [-0.2, 0) is 16.1 Å². The van der Waals surface area contributed by atoms with E-state index in [1.807, 2.05) is 6.92 Å². The summed E-state index contributed by atoms with van der Waals surface area (Å²) in [5, 5.41) is 2.68. The Hall–Kier alpha value is -1.91. The van der Waals surface area contributed by atoms with E-state index < -0.39 is 6.04 Å². The quantitative estimate of drug-likeness (QED) is 0.898. The van der Waals surface area contributed by atoms with E-state index in [1.54, 1.807) is 23.1 Å². The zero-order valence-electron chi connectivity index (χ0n) is 10.9. The number of nitrogens with zero attached hydrogens (tertiary/aromatic N) is 1. The van der Waals surface area contributed by atoms with Gasteiger partial charge in [0.15, 0.2) is 0 Å². The summed E-state index contributed by atoms with van der Waals surface area (Å²) in [6.07, 6.45) is 0.801. The Balaban J connectivity index is 2.16. The molecule has 1 fully saturated rings. The van der Waals surface area contributed by atoms with Crippen molar-refractivity contribution in [3.63, 3.8) is 0 Å². The number of carbonyl (C=O) groups excluding carboxylic acids is 2. The van der Waals surface area contributed by atoms with E-state index in [0.717, 1.165) is 0 Å². The molecule has 2 rings (SSSR count). The summed E-state index contributed by atoms with van der Waals surface area (Å²) in [6, 6.07) is 5.88. The Morgan fingerprint density at radius 1 is 1.37 bits per heavy atom. The highest BCUT2D eigenvalue weighted by Gasteiger charge is 2.28. The third kappa shape index (κ3) is 3.10. The van der Waals surface area contributed by atoms with Crippen molar-refractivity contribution in [2.75, 3.05) is 6.54 Å². The van der Waals surface area contributed by atoms with Crippen LogP contribution in [0.3, 0.4) is 0 Å². The summed E-state index contributed by atoms with van der Waals surface area (Å²) in [4.78, 5) is 25.3. The predicted molar refractivity (Wildman–Crippen MR) is 68.7 cm³/mol. The predicted octanol–water partition coefficient (Wildman–Crippen LogP) is 1.45. The van der Waals surface area contributed by atoms with Crippen LogP contribution in [0, 0.1) is 5.82 Å². The topological polar surface area (TPSA) is 49.4 Å². The lowest BCUT2D eigenvalue weighted by molar-refractivity contribution is -0.134. The lowest BCUT2D eigenvalue weighted by Gasteiger charge is -2.23. The second kappa shape index (κ2) is 5.82. The molecule has 4 nitrogen and oxygen atoms in total. The largest absolute Gasteiger partial charge is 0.344 e. The monoisotopic (exact) mass is 264 g/mol. The lowest BCUT2D eigenvalue weighted by atomic mass is 10.1. The molecule has 1 aromatic carbocycles. The molecule has 1 unspecified atom stereocenters. The maximum absolute atomic E-state index is 13.6. The summed E-state index contributed by atoms with van der Waals surface area (Å²) >= 11 is 0. The molecule has 0 aliphatic carbocycles. The number of benzene rings is 1. The van der Waals surface area contributed by atoms with Crippen molar-refractivity contribution in [3.8, 4) is 0 Å². The standard InChI is InChI=1S/C14H17FN2O2/c1-2-12-14(19)17(8-7-13(18)16-12)9-10-5-3-4-6-11(10)15/h3-6,12H,2,7-9H2,1H3,(H,16,18). The molecule has 0 bridgehead atoms. The molecule has 2 amide bonds. The number of carbonyl (C=O) groups is 2. The van der Waals surface area contributed by atoms with Crippen LogP contribution in [-0.4, -0.2) is 29.3 Å². The SMILES string of the molecule is CCC1NC(=O)CCN(Cc2ccccc2F)C1=O. The van der Waals surface area contributed by atoms with Crippen molar-refractivity contribution in [2.45, 2.75) is 32.4 Å². The second-order valence-electron chi connectivity index (χ2n) is 4.63. The van der Waals surface area contributed by atoms with Crippen molar-refractivity contribution in [1.82, 2.24) is 10.2 Å². The van der Waals surface area contributed by atoms with Gasteiger partial charge >= 0.3 is 0 Å². The first-order valence-electron chi connectivity index (χ1n) is 6.43. The fraction of sp³-hybridized carbons (Fsp3) is 0.429. The van der Waals surface area contributed by atoms with E-state index in [0.29, 0.717) is 18.5 Å². The first-order chi connectivity index (χ1) is 9.11. The highest BCUT2D eigenvalue weighted by Crippen LogP contribution is 2.14. The highest BCUT2D eigenvalue weighted by atomic mass is 19.1. The van der Waals surface area contributed by atoms with Crippen molar-refractivity contribution in [2.24, 2.45) is 0 Å². The van der Waals surface area contributed by atoms with Crippen molar-refractivity contribution >= 4 is 11.8 Å². The average molecular weight is 264 g/mol. The Bertz CT molecular complexity index is 490. The second-order valence-corrected chi connectivity index (χ2v) is 4.63. The molecule has 1 saturated heterocycles. The van der Waals surface area contributed by atoms with Gasteiger partial charge in [0.2, 0.25) is 11.8 Å². The van der Waals surface area contributed by atoms with Gasteiger partial charge in [-0.15, -0.1) is 0 Å². The summed E-state index contributed by atoms with van der Waals surface area (Å²) in [5.74, 6) is -0.597. The van der Waals surface area contributed by atoms with E-state index in [2.05, 4.69) is 5.32 Å². The van der Waals surface area contributed by atoms with E-state index in [1.165, 1.54) is 6.07 Å². The Labute approximate surface area is 111 Å². The Morgan fingerprint density at radius 3 is 2.79 bits per heavy atom. The minimum Gasteiger partial charge on any atom is -0.344 e. The molecule has 0 spiro atoms. The number of halogens is 1. The molecule has 19 heavy (non-hydrogen) atoms. The molecule has 0 aromatic heterocycles. The van der Waals surface area contributed by atoms with Gasteiger partial charge in [-0.05, 0) is 12.5 Å². The fourth-order valence-corrected chi connectivity index (χ4v) is 2.16. The van der Waals surface area contributed by atoms with Gasteiger partial charge in [0, 0.05) is 25.1 Å². The van der Waals surface area contributed by atoms with E-state index in [-0.39, 0.29) is 30.6 Å². The molecule has 0 radical (unpaired) electrons. The van der Waals surface area contributed by atoms with Crippen molar-refractivity contribution in [1.29, 1.82) is 0 Å². The summed E-state index contributed by atoms with van der Waals surface area (Å²) in [7, 11) is 0. The number of amides is 2. The van der Waals surface area contributed by atoms with Crippen molar-refractivity contribution < 1.29 is 14.0 Å². The molecular formula is C14H17FN2O2. The normalized spacial score (nSPS) is 20.1. The van der Waals surface area contributed by atoms with Gasteiger partial charge in [-0.3, -0.25) is 9.59 Å². The van der Waals surface area contributed by atoms with E-state index in [9.17, 15) is 14.0 Å². The molecule has 0 saturated carbocycles. The average Bonchev–Trinajstić information content (AvgIpc) is 2.54. The number of hydrogen-bond donors (Lipinski definition) is 1. The van der Waals surface area contributed by atoms with Gasteiger partial charge in [-0.1, -0.05) is 25.1 Å². The minimum atomic E-state index is -0.498. The van der Waals surface area contributed by atoms with Gasteiger partial charge < -0.3 is 10.2 Å². The van der Waals surface area contributed by atoms with Crippen LogP contribution in [0.1, 0.15) is 25.3 Å². The fourth-order valence-electron chi connectivity index (χ4n) is 2.16. The zero-order valence-corrected chi connectivity index (χ0v) is 10.9. The molecule has 1 heterocycles. The third-order valence-corrected chi connectivity index (χ3v) is 3.28. The van der Waals surface area contributed by atoms with Crippen LogP contribution in [0.25, 0.3) is 0 Å². The molecule has 1 aliphatic rings. The zero-order chi connectivity index (χ0) is 13.8. The van der Waals surface area contributed by atoms with Crippen LogP contribution in [0.15, 0.2) is 24.3 Å². The van der Waals surface area contributed by atoms with Gasteiger partial charge in [0.25, 0.3) is 0 Å². The van der Waals surface area contributed by atoms with E-state index >= 15 is 0 Å². The molecule has 1 aromatic rings. The van der Waals surface area contributed by atoms with Gasteiger partial charge in [-0.2, -0.15) is 0 Å².